The van der Waals surface area contributed by atoms with Crippen LogP contribution in [-0.2, 0) is 11.2 Å². The average molecular weight is 367 g/mol. The van der Waals surface area contributed by atoms with Crippen molar-refractivity contribution in [2.75, 3.05) is 18.5 Å². The molecule has 0 radical (unpaired) electrons. The standard InChI is InChI=1S/C19H17N3O3S/c23-18(11-13-5-6-16-17(10-13)25-9-3-8-24-16)22-19-21-15(12-26-19)14-4-1-2-7-20-14/h1-2,4-7,10,12H,3,8-9,11H2,(H,21,22,23). The fraction of sp³-hybridized carbons (Fsp3) is 0.211. The summed E-state index contributed by atoms with van der Waals surface area (Å²) in [6.07, 6.45) is 2.82. The van der Waals surface area contributed by atoms with Crippen molar-refractivity contribution in [3.8, 4) is 22.9 Å². The molecule has 0 bridgehead atoms. The summed E-state index contributed by atoms with van der Waals surface area (Å²) in [5.74, 6) is 1.30. The predicted molar refractivity (Wildman–Crippen MR) is 99.7 cm³/mol. The highest BCUT2D eigenvalue weighted by molar-refractivity contribution is 7.14. The molecule has 0 atom stereocenters. The summed E-state index contributed by atoms with van der Waals surface area (Å²) in [6, 6.07) is 11.2. The van der Waals surface area contributed by atoms with Gasteiger partial charge in [-0.1, -0.05) is 12.1 Å². The van der Waals surface area contributed by atoms with Crippen LogP contribution < -0.4 is 14.8 Å². The number of fused-ring (bicyclic) bond motifs is 1. The van der Waals surface area contributed by atoms with Crippen LogP contribution in [0.15, 0.2) is 48.0 Å². The first-order chi connectivity index (χ1) is 12.8. The van der Waals surface area contributed by atoms with E-state index >= 15 is 0 Å². The van der Waals surface area contributed by atoms with Gasteiger partial charge in [-0.3, -0.25) is 9.78 Å². The number of anilines is 1. The van der Waals surface area contributed by atoms with Gasteiger partial charge in [0.15, 0.2) is 16.6 Å². The number of nitrogens with one attached hydrogen (secondary N) is 1. The zero-order valence-electron chi connectivity index (χ0n) is 14.0. The summed E-state index contributed by atoms with van der Waals surface area (Å²) in [6.45, 7) is 1.27. The highest BCUT2D eigenvalue weighted by Crippen LogP contribution is 2.30. The number of pyridine rings is 1. The molecule has 3 heterocycles. The highest BCUT2D eigenvalue weighted by Gasteiger charge is 2.13. The quantitative estimate of drug-likeness (QED) is 0.763. The minimum atomic E-state index is -0.124. The van der Waals surface area contributed by atoms with Crippen molar-refractivity contribution >= 4 is 22.4 Å². The van der Waals surface area contributed by atoms with E-state index in [0.717, 1.165) is 29.1 Å². The summed E-state index contributed by atoms with van der Waals surface area (Å²) < 4.78 is 11.3. The maximum atomic E-state index is 12.3. The Kier molecular flexibility index (Phi) is 4.79. The molecule has 1 aliphatic heterocycles. The number of nitrogens with zero attached hydrogens (tertiary/aromatic N) is 2. The van der Waals surface area contributed by atoms with Crippen molar-refractivity contribution in [2.24, 2.45) is 0 Å². The SMILES string of the molecule is O=C(Cc1ccc2c(c1)OCCCO2)Nc1nc(-c2ccccn2)cs1. The lowest BCUT2D eigenvalue weighted by molar-refractivity contribution is -0.115. The number of hydrogen-bond donors (Lipinski definition) is 1. The molecule has 1 aliphatic rings. The van der Waals surface area contributed by atoms with Gasteiger partial charge in [-0.15, -0.1) is 11.3 Å². The molecule has 1 amide bonds. The van der Waals surface area contributed by atoms with E-state index in [1.54, 1.807) is 6.20 Å². The van der Waals surface area contributed by atoms with Gasteiger partial charge in [0.1, 0.15) is 5.69 Å². The van der Waals surface area contributed by atoms with E-state index in [2.05, 4.69) is 15.3 Å². The zero-order valence-corrected chi connectivity index (χ0v) is 14.8. The van der Waals surface area contributed by atoms with Crippen LogP contribution in [0.4, 0.5) is 5.13 Å². The Hall–Kier alpha value is -2.93. The first kappa shape index (κ1) is 16.5. The molecule has 7 heteroatoms. The van der Waals surface area contributed by atoms with Crippen molar-refractivity contribution in [3.63, 3.8) is 0 Å². The molecule has 0 fully saturated rings. The number of ether oxygens (including phenoxy) is 2. The smallest absolute Gasteiger partial charge is 0.230 e. The van der Waals surface area contributed by atoms with Crippen LogP contribution in [0.5, 0.6) is 11.5 Å². The number of amides is 1. The Morgan fingerprint density at radius 2 is 2.00 bits per heavy atom. The summed E-state index contributed by atoms with van der Waals surface area (Å²) in [5, 5.41) is 5.28. The summed E-state index contributed by atoms with van der Waals surface area (Å²) >= 11 is 1.38. The van der Waals surface area contributed by atoms with Crippen molar-refractivity contribution in [1.82, 2.24) is 9.97 Å². The van der Waals surface area contributed by atoms with Crippen LogP contribution in [0.1, 0.15) is 12.0 Å². The minimum Gasteiger partial charge on any atom is -0.490 e. The second-order valence-electron chi connectivity index (χ2n) is 5.81. The normalized spacial score (nSPS) is 13.1. The van der Waals surface area contributed by atoms with Gasteiger partial charge in [-0.05, 0) is 29.8 Å². The summed E-state index contributed by atoms with van der Waals surface area (Å²) in [7, 11) is 0. The minimum absolute atomic E-state index is 0.124. The molecule has 2 aromatic heterocycles. The Morgan fingerprint density at radius 3 is 2.85 bits per heavy atom. The lowest BCUT2D eigenvalue weighted by Crippen LogP contribution is -2.14. The maximum absolute atomic E-state index is 12.3. The molecular weight excluding hydrogens is 350 g/mol. The Labute approximate surface area is 154 Å². The molecule has 4 rings (SSSR count). The van der Waals surface area contributed by atoms with E-state index in [-0.39, 0.29) is 12.3 Å². The number of hydrogen-bond acceptors (Lipinski definition) is 6. The fourth-order valence-corrected chi connectivity index (χ4v) is 3.35. The van der Waals surface area contributed by atoms with E-state index < -0.39 is 0 Å². The second kappa shape index (κ2) is 7.53. The number of thiazole rings is 1. The Balaban J connectivity index is 1.41. The van der Waals surface area contributed by atoms with Gasteiger partial charge < -0.3 is 14.8 Å². The molecular formula is C19H17N3O3S. The van der Waals surface area contributed by atoms with Gasteiger partial charge in [-0.2, -0.15) is 0 Å². The predicted octanol–water partition coefficient (Wildman–Crippen LogP) is 3.55. The molecule has 0 saturated carbocycles. The molecule has 0 aliphatic carbocycles. The van der Waals surface area contributed by atoms with E-state index in [1.165, 1.54) is 11.3 Å². The first-order valence-electron chi connectivity index (χ1n) is 8.33. The van der Waals surface area contributed by atoms with Crippen molar-refractivity contribution in [1.29, 1.82) is 0 Å². The van der Waals surface area contributed by atoms with Crippen LogP contribution in [-0.4, -0.2) is 29.1 Å². The third-order valence-corrected chi connectivity index (χ3v) is 4.61. The molecule has 1 N–H and O–H groups in total. The van der Waals surface area contributed by atoms with Crippen LogP contribution in [0.2, 0.25) is 0 Å². The van der Waals surface area contributed by atoms with Crippen molar-refractivity contribution < 1.29 is 14.3 Å². The van der Waals surface area contributed by atoms with Crippen LogP contribution in [0.25, 0.3) is 11.4 Å². The van der Waals surface area contributed by atoms with Gasteiger partial charge in [-0.25, -0.2) is 4.98 Å². The summed E-state index contributed by atoms with van der Waals surface area (Å²) in [4.78, 5) is 21.0. The number of carbonyl (C=O) groups excluding carboxylic acids is 1. The van der Waals surface area contributed by atoms with Crippen molar-refractivity contribution in [3.05, 3.63) is 53.5 Å². The van der Waals surface area contributed by atoms with Crippen molar-refractivity contribution in [2.45, 2.75) is 12.8 Å². The van der Waals surface area contributed by atoms with E-state index in [1.807, 2.05) is 41.8 Å². The third kappa shape index (κ3) is 3.83. The van der Waals surface area contributed by atoms with Gasteiger partial charge >= 0.3 is 0 Å². The number of aromatic nitrogens is 2. The molecule has 6 nitrogen and oxygen atoms in total. The van der Waals surface area contributed by atoms with Crippen LogP contribution in [0.3, 0.4) is 0 Å². The molecule has 0 unspecified atom stereocenters. The monoisotopic (exact) mass is 367 g/mol. The Morgan fingerprint density at radius 1 is 1.12 bits per heavy atom. The molecule has 0 saturated heterocycles. The maximum Gasteiger partial charge on any atom is 0.230 e. The van der Waals surface area contributed by atoms with E-state index in [9.17, 15) is 4.79 Å². The zero-order chi connectivity index (χ0) is 17.8. The highest BCUT2D eigenvalue weighted by atomic mass is 32.1. The Bertz CT molecular complexity index is 911. The number of benzene rings is 1. The lowest BCUT2D eigenvalue weighted by atomic mass is 10.1. The average Bonchev–Trinajstić information content (AvgIpc) is 2.99. The first-order valence-corrected chi connectivity index (χ1v) is 9.21. The van der Waals surface area contributed by atoms with Gasteiger partial charge in [0.05, 0.1) is 25.3 Å². The van der Waals surface area contributed by atoms with Gasteiger partial charge in [0, 0.05) is 18.0 Å². The van der Waals surface area contributed by atoms with E-state index in [0.29, 0.717) is 24.1 Å². The van der Waals surface area contributed by atoms with Gasteiger partial charge in [0.25, 0.3) is 0 Å². The number of rotatable bonds is 4. The molecule has 3 aromatic rings. The van der Waals surface area contributed by atoms with Crippen LogP contribution >= 0.6 is 11.3 Å². The third-order valence-electron chi connectivity index (χ3n) is 3.85. The summed E-state index contributed by atoms with van der Waals surface area (Å²) in [5.41, 5.74) is 2.40. The van der Waals surface area contributed by atoms with E-state index in [4.69, 9.17) is 9.47 Å². The topological polar surface area (TPSA) is 73.3 Å². The van der Waals surface area contributed by atoms with Gasteiger partial charge in [0.2, 0.25) is 5.91 Å². The molecule has 26 heavy (non-hydrogen) atoms. The molecule has 1 aromatic carbocycles. The number of carbonyl (C=O) groups is 1. The fourth-order valence-electron chi connectivity index (χ4n) is 2.63. The lowest BCUT2D eigenvalue weighted by Gasteiger charge is -2.09. The van der Waals surface area contributed by atoms with Crippen LogP contribution in [0, 0.1) is 0 Å². The second-order valence-corrected chi connectivity index (χ2v) is 6.67. The molecule has 132 valence electrons. The largest absolute Gasteiger partial charge is 0.490 e. The molecule has 0 spiro atoms.